The zero-order valence-corrected chi connectivity index (χ0v) is 23.5. The van der Waals surface area contributed by atoms with Crippen LogP contribution in [-0.2, 0) is 9.53 Å². The number of thiazole rings is 1. The van der Waals surface area contributed by atoms with E-state index in [0.29, 0.717) is 17.5 Å². The van der Waals surface area contributed by atoms with Crippen molar-refractivity contribution in [1.82, 2.24) is 9.97 Å². The molecule has 1 saturated carbocycles. The van der Waals surface area contributed by atoms with Crippen LogP contribution in [-0.4, -0.2) is 36.7 Å². The van der Waals surface area contributed by atoms with Crippen molar-refractivity contribution in [1.29, 1.82) is 0 Å². The molecule has 36 heavy (non-hydrogen) atoms. The van der Waals surface area contributed by atoms with Gasteiger partial charge < -0.3 is 19.5 Å². The number of carbonyl (C=O) groups is 1. The van der Waals surface area contributed by atoms with Gasteiger partial charge in [0, 0.05) is 18.8 Å². The van der Waals surface area contributed by atoms with Crippen molar-refractivity contribution in [3.05, 3.63) is 47.2 Å². The second-order valence-corrected chi connectivity index (χ2v) is 10.4. The van der Waals surface area contributed by atoms with Crippen LogP contribution < -0.4 is 14.8 Å². The Morgan fingerprint density at radius 2 is 2.00 bits per heavy atom. The predicted molar refractivity (Wildman–Crippen MR) is 150 cm³/mol. The lowest BCUT2D eigenvalue weighted by Gasteiger charge is -2.19. The standard InChI is InChI=1S/C17H17ClN4OS2.C9H16O2/c1-10-15(24-17(19-2)21-10)11-8-14(16(23-3)20-9-11)25-22-13-7-5-4-6-12(13)18;1-2-11-9(10)8-6-4-3-5-7-8/h4-9,22H,1-3H3,(H,19,21);8H,2-7H2,1H3. The van der Waals surface area contributed by atoms with Gasteiger partial charge in [-0.15, -0.1) is 0 Å². The van der Waals surface area contributed by atoms with Crippen molar-refractivity contribution < 1.29 is 14.3 Å². The van der Waals surface area contributed by atoms with E-state index in [1.807, 2.05) is 51.2 Å². The van der Waals surface area contributed by atoms with Crippen LogP contribution in [0.3, 0.4) is 0 Å². The van der Waals surface area contributed by atoms with Gasteiger partial charge in [-0.2, -0.15) is 0 Å². The van der Waals surface area contributed by atoms with Crippen molar-refractivity contribution in [3.8, 4) is 16.3 Å². The molecule has 3 aromatic rings. The highest BCUT2D eigenvalue weighted by Gasteiger charge is 2.21. The minimum absolute atomic E-state index is 0.0206. The molecule has 0 atom stereocenters. The minimum atomic E-state index is 0.0206. The fraction of sp³-hybridized carbons (Fsp3) is 0.423. The maximum absolute atomic E-state index is 11.2. The second-order valence-electron chi connectivity index (χ2n) is 8.19. The first kappa shape index (κ1) is 28.1. The first-order valence-corrected chi connectivity index (χ1v) is 14.0. The summed E-state index contributed by atoms with van der Waals surface area (Å²) < 4.78 is 13.6. The number of esters is 1. The van der Waals surface area contributed by atoms with Crippen molar-refractivity contribution in [2.75, 3.05) is 30.8 Å². The summed E-state index contributed by atoms with van der Waals surface area (Å²) >= 11 is 9.21. The molecule has 0 amide bonds. The molecule has 1 aliphatic rings. The summed E-state index contributed by atoms with van der Waals surface area (Å²) in [7, 11) is 3.47. The third-order valence-corrected chi connectivity index (χ3v) is 8.04. The van der Waals surface area contributed by atoms with Crippen molar-refractivity contribution in [2.24, 2.45) is 5.92 Å². The van der Waals surface area contributed by atoms with Crippen molar-refractivity contribution >= 4 is 51.7 Å². The lowest BCUT2D eigenvalue weighted by Crippen LogP contribution is -2.20. The number of nitrogens with zero attached hydrogens (tertiary/aromatic N) is 2. The zero-order chi connectivity index (χ0) is 25.9. The summed E-state index contributed by atoms with van der Waals surface area (Å²) in [5, 5.41) is 4.62. The Kier molecular flexibility index (Phi) is 11.2. The van der Waals surface area contributed by atoms with Gasteiger partial charge in [-0.1, -0.05) is 54.3 Å². The lowest BCUT2D eigenvalue weighted by molar-refractivity contribution is -0.149. The van der Waals surface area contributed by atoms with Crippen LogP contribution in [0.5, 0.6) is 5.88 Å². The highest BCUT2D eigenvalue weighted by molar-refractivity contribution is 8.00. The average Bonchev–Trinajstić information content (AvgIpc) is 3.29. The Hall–Kier alpha value is -2.49. The van der Waals surface area contributed by atoms with Crippen LogP contribution in [0.15, 0.2) is 41.4 Å². The number of hydrogen-bond acceptors (Lipinski definition) is 9. The molecule has 0 unspecified atom stereocenters. The van der Waals surface area contributed by atoms with Gasteiger partial charge in [0.1, 0.15) is 0 Å². The molecular formula is C26H33ClN4O3S2. The van der Waals surface area contributed by atoms with E-state index in [9.17, 15) is 4.79 Å². The van der Waals surface area contributed by atoms with E-state index in [2.05, 4.69) is 20.0 Å². The highest BCUT2D eigenvalue weighted by Crippen LogP contribution is 2.37. The number of methoxy groups -OCH3 is 1. The monoisotopic (exact) mass is 548 g/mol. The maximum atomic E-state index is 11.2. The molecule has 7 nitrogen and oxygen atoms in total. The van der Waals surface area contributed by atoms with Crippen LogP contribution >= 0.6 is 34.9 Å². The summed E-state index contributed by atoms with van der Waals surface area (Å²) in [6.07, 6.45) is 7.57. The van der Waals surface area contributed by atoms with E-state index in [0.717, 1.165) is 44.7 Å². The second kappa shape index (κ2) is 14.3. The number of carbonyl (C=O) groups excluding carboxylic acids is 1. The van der Waals surface area contributed by atoms with Crippen LogP contribution in [0, 0.1) is 12.8 Å². The van der Waals surface area contributed by atoms with Crippen LogP contribution in [0.4, 0.5) is 10.8 Å². The molecule has 0 spiro atoms. The molecule has 0 aliphatic heterocycles. The first-order chi connectivity index (χ1) is 17.5. The highest BCUT2D eigenvalue weighted by atomic mass is 35.5. The maximum Gasteiger partial charge on any atom is 0.308 e. The molecule has 1 fully saturated rings. The molecule has 1 aromatic carbocycles. The van der Waals surface area contributed by atoms with Crippen LogP contribution in [0.25, 0.3) is 10.4 Å². The number of anilines is 2. The van der Waals surface area contributed by atoms with Gasteiger partial charge in [-0.3, -0.25) is 4.79 Å². The molecule has 0 bridgehead atoms. The minimum Gasteiger partial charge on any atom is -0.480 e. The average molecular weight is 549 g/mol. The summed E-state index contributed by atoms with van der Waals surface area (Å²) in [5.41, 5.74) is 2.81. The largest absolute Gasteiger partial charge is 0.480 e. The van der Waals surface area contributed by atoms with E-state index >= 15 is 0 Å². The summed E-state index contributed by atoms with van der Waals surface area (Å²) in [4.78, 5) is 22.1. The van der Waals surface area contributed by atoms with Gasteiger partial charge >= 0.3 is 5.97 Å². The SMILES string of the molecule is CCOC(=O)C1CCCCC1.CNc1nc(C)c(-c2cnc(OC)c(SNc3ccccc3Cl)c2)s1. The van der Waals surface area contributed by atoms with Crippen molar-refractivity contribution in [3.63, 3.8) is 0 Å². The number of ether oxygens (including phenoxy) is 2. The van der Waals surface area contributed by atoms with Gasteiger partial charge in [-0.05, 0) is 56.8 Å². The van der Waals surface area contributed by atoms with Crippen LogP contribution in [0.2, 0.25) is 5.02 Å². The van der Waals surface area contributed by atoms with Crippen molar-refractivity contribution in [2.45, 2.75) is 50.8 Å². The van der Waals surface area contributed by atoms with E-state index in [-0.39, 0.29) is 11.9 Å². The van der Waals surface area contributed by atoms with E-state index < -0.39 is 0 Å². The first-order valence-electron chi connectivity index (χ1n) is 12.0. The molecule has 1 aliphatic carbocycles. The Bertz CT molecular complexity index is 1140. The van der Waals surface area contributed by atoms with E-state index in [1.54, 1.807) is 24.6 Å². The molecular weight excluding hydrogens is 516 g/mol. The topological polar surface area (TPSA) is 85.4 Å². The van der Waals surface area contributed by atoms with Gasteiger partial charge in [0.2, 0.25) is 5.88 Å². The number of rotatable bonds is 8. The number of benzene rings is 1. The molecule has 2 N–H and O–H groups in total. The number of halogens is 1. The Labute approximate surface area is 226 Å². The normalized spacial score (nSPS) is 13.4. The fourth-order valence-electron chi connectivity index (χ4n) is 3.81. The molecule has 2 heterocycles. The number of hydrogen-bond donors (Lipinski definition) is 2. The quantitative estimate of drug-likeness (QED) is 0.221. The zero-order valence-electron chi connectivity index (χ0n) is 21.1. The smallest absolute Gasteiger partial charge is 0.308 e. The Morgan fingerprint density at radius 1 is 1.25 bits per heavy atom. The third kappa shape index (κ3) is 7.75. The Balaban J connectivity index is 0.000000275. The third-order valence-electron chi connectivity index (χ3n) is 5.65. The molecule has 2 aromatic heterocycles. The van der Waals surface area contributed by atoms with E-state index in [4.69, 9.17) is 21.1 Å². The van der Waals surface area contributed by atoms with Crippen LogP contribution in [0.1, 0.15) is 44.7 Å². The van der Waals surface area contributed by atoms with Gasteiger partial charge in [0.25, 0.3) is 0 Å². The number of nitrogens with one attached hydrogen (secondary N) is 2. The number of pyridine rings is 1. The fourth-order valence-corrected chi connectivity index (χ4v) is 5.75. The molecule has 10 heteroatoms. The van der Waals surface area contributed by atoms with Gasteiger partial charge in [0.05, 0.1) is 45.8 Å². The van der Waals surface area contributed by atoms with Gasteiger partial charge in [-0.25, -0.2) is 9.97 Å². The number of aryl methyl sites for hydroxylation is 1. The van der Waals surface area contributed by atoms with Gasteiger partial charge in [0.15, 0.2) is 5.13 Å². The Morgan fingerprint density at radius 3 is 2.64 bits per heavy atom. The van der Waals surface area contributed by atoms with E-state index in [1.165, 1.54) is 31.2 Å². The molecule has 0 saturated heterocycles. The summed E-state index contributed by atoms with van der Waals surface area (Å²) in [6.45, 7) is 4.38. The summed E-state index contributed by atoms with van der Waals surface area (Å²) in [6, 6.07) is 9.63. The number of para-hydroxylation sites is 1. The number of aromatic nitrogens is 2. The molecule has 0 radical (unpaired) electrons. The molecule has 194 valence electrons. The molecule has 4 rings (SSSR count). The lowest BCUT2D eigenvalue weighted by atomic mass is 9.89. The summed E-state index contributed by atoms with van der Waals surface area (Å²) in [5.74, 6) is 0.792. The predicted octanol–water partition coefficient (Wildman–Crippen LogP) is 7.47.